The van der Waals surface area contributed by atoms with Crippen molar-refractivity contribution < 1.29 is 9.53 Å². The molecule has 1 aromatic rings. The molecule has 3 aliphatic rings. The van der Waals surface area contributed by atoms with Crippen molar-refractivity contribution in [3.63, 3.8) is 0 Å². The van der Waals surface area contributed by atoms with E-state index in [0.717, 1.165) is 32.1 Å². The molecule has 0 radical (unpaired) electrons. The summed E-state index contributed by atoms with van der Waals surface area (Å²) < 4.78 is 5.62. The van der Waals surface area contributed by atoms with Gasteiger partial charge in [-0.25, -0.2) is 0 Å². The lowest BCUT2D eigenvalue weighted by molar-refractivity contribution is -0.135. The molecule has 2 saturated carbocycles. The van der Waals surface area contributed by atoms with E-state index in [4.69, 9.17) is 4.74 Å². The minimum Gasteiger partial charge on any atom is -0.379 e. The summed E-state index contributed by atoms with van der Waals surface area (Å²) >= 11 is 1.72. The molecule has 1 saturated heterocycles. The van der Waals surface area contributed by atoms with Crippen molar-refractivity contribution in [1.82, 2.24) is 10.2 Å². The number of hydrogen-bond donors (Lipinski definition) is 1. The molecule has 3 atom stereocenters. The average Bonchev–Trinajstić information content (AvgIpc) is 2.87. The van der Waals surface area contributed by atoms with Crippen LogP contribution in [0.15, 0.2) is 17.5 Å². The first-order valence-corrected chi connectivity index (χ1v) is 8.30. The van der Waals surface area contributed by atoms with Crippen molar-refractivity contribution in [2.75, 3.05) is 7.11 Å². The molecule has 0 bridgehead atoms. The van der Waals surface area contributed by atoms with Crippen LogP contribution in [0.1, 0.15) is 43.1 Å². The van der Waals surface area contributed by atoms with Crippen molar-refractivity contribution >= 4 is 17.2 Å². The van der Waals surface area contributed by atoms with Crippen LogP contribution in [0, 0.1) is 0 Å². The van der Waals surface area contributed by atoms with Crippen LogP contribution in [0.5, 0.6) is 0 Å². The minimum absolute atomic E-state index is 0.0470. The number of carbonyl (C=O) groups is 1. The van der Waals surface area contributed by atoms with Gasteiger partial charge in [0, 0.05) is 12.0 Å². The molecule has 1 N–H and O–H groups in total. The number of nitrogens with zero attached hydrogens (tertiary/aromatic N) is 1. The summed E-state index contributed by atoms with van der Waals surface area (Å²) in [6.45, 7) is 0. The summed E-state index contributed by atoms with van der Waals surface area (Å²) in [6.07, 6.45) is 5.47. The number of rotatable bonds is 3. The van der Waals surface area contributed by atoms with E-state index < -0.39 is 0 Å². The van der Waals surface area contributed by atoms with Gasteiger partial charge in [-0.3, -0.25) is 10.1 Å². The van der Waals surface area contributed by atoms with Crippen LogP contribution in [-0.2, 0) is 9.53 Å². The van der Waals surface area contributed by atoms with Gasteiger partial charge in [0.05, 0.1) is 12.1 Å². The molecule has 1 spiro atoms. The van der Waals surface area contributed by atoms with Crippen molar-refractivity contribution in [3.05, 3.63) is 22.4 Å². The topological polar surface area (TPSA) is 41.6 Å². The van der Waals surface area contributed by atoms with E-state index in [-0.39, 0.29) is 23.9 Å². The van der Waals surface area contributed by atoms with E-state index in [1.807, 2.05) is 0 Å². The van der Waals surface area contributed by atoms with Crippen LogP contribution in [0.4, 0.5) is 0 Å². The highest BCUT2D eigenvalue weighted by atomic mass is 32.1. The van der Waals surface area contributed by atoms with Crippen LogP contribution in [0.3, 0.4) is 0 Å². The Kier molecular flexibility index (Phi) is 2.91. The number of carbonyl (C=O) groups excluding carboxylic acids is 1. The monoisotopic (exact) mass is 292 g/mol. The predicted molar refractivity (Wildman–Crippen MR) is 77.4 cm³/mol. The Bertz CT molecular complexity index is 512. The van der Waals surface area contributed by atoms with Gasteiger partial charge < -0.3 is 9.64 Å². The number of thiophene rings is 1. The maximum Gasteiger partial charge on any atom is 0.244 e. The van der Waals surface area contributed by atoms with Gasteiger partial charge in [0.15, 0.2) is 0 Å². The number of hydrogen-bond acceptors (Lipinski definition) is 4. The fourth-order valence-electron chi connectivity index (χ4n) is 3.74. The van der Waals surface area contributed by atoms with Gasteiger partial charge >= 0.3 is 0 Å². The maximum atomic E-state index is 12.9. The molecule has 0 aromatic carbocycles. The highest BCUT2D eigenvalue weighted by Gasteiger charge is 2.61. The van der Waals surface area contributed by atoms with Crippen LogP contribution < -0.4 is 5.32 Å². The Balaban J connectivity index is 1.68. The average molecular weight is 292 g/mol. The summed E-state index contributed by atoms with van der Waals surface area (Å²) in [7, 11) is 1.77. The van der Waals surface area contributed by atoms with Crippen molar-refractivity contribution in [2.45, 2.75) is 56.0 Å². The fourth-order valence-corrected chi connectivity index (χ4v) is 4.51. The molecule has 1 amide bonds. The van der Waals surface area contributed by atoms with Gasteiger partial charge in [-0.1, -0.05) is 6.07 Å². The summed E-state index contributed by atoms with van der Waals surface area (Å²) in [5.74, 6) is 0.296. The Morgan fingerprint density at radius 1 is 1.45 bits per heavy atom. The van der Waals surface area contributed by atoms with Crippen LogP contribution in [0.25, 0.3) is 0 Å². The first-order chi connectivity index (χ1) is 9.75. The van der Waals surface area contributed by atoms with Gasteiger partial charge in [-0.15, -0.1) is 11.3 Å². The second-order valence-corrected chi connectivity index (χ2v) is 7.11. The largest absolute Gasteiger partial charge is 0.379 e. The zero-order valence-electron chi connectivity index (χ0n) is 11.7. The third-order valence-corrected chi connectivity index (χ3v) is 5.90. The molecule has 1 aliphatic heterocycles. The Morgan fingerprint density at radius 3 is 2.95 bits per heavy atom. The molecule has 2 aliphatic carbocycles. The molecule has 3 unspecified atom stereocenters. The third-order valence-electron chi connectivity index (χ3n) is 4.98. The Labute approximate surface area is 123 Å². The number of ether oxygens (including phenoxy) is 1. The summed E-state index contributed by atoms with van der Waals surface area (Å²) in [5, 5.41) is 5.68. The van der Waals surface area contributed by atoms with Gasteiger partial charge in [0.2, 0.25) is 5.91 Å². The molecule has 4 nitrogen and oxygen atoms in total. The molecule has 5 heteroatoms. The lowest BCUT2D eigenvalue weighted by Gasteiger charge is -2.33. The van der Waals surface area contributed by atoms with Crippen LogP contribution in [-0.4, -0.2) is 35.6 Å². The molecule has 20 heavy (non-hydrogen) atoms. The highest BCUT2D eigenvalue weighted by Crippen LogP contribution is 2.49. The molecule has 4 rings (SSSR count). The van der Waals surface area contributed by atoms with E-state index in [1.165, 1.54) is 4.88 Å². The first-order valence-electron chi connectivity index (χ1n) is 7.42. The zero-order chi connectivity index (χ0) is 13.7. The second-order valence-electron chi connectivity index (χ2n) is 6.13. The first kappa shape index (κ1) is 12.8. The number of methoxy groups -OCH3 is 1. The molecular weight excluding hydrogens is 272 g/mol. The second kappa shape index (κ2) is 4.55. The van der Waals surface area contributed by atoms with Crippen molar-refractivity contribution in [3.8, 4) is 0 Å². The molecule has 2 heterocycles. The summed E-state index contributed by atoms with van der Waals surface area (Å²) in [5.41, 5.74) is -0.254. The summed E-state index contributed by atoms with van der Waals surface area (Å²) in [6, 6.07) is 4.41. The fraction of sp³-hybridized carbons (Fsp3) is 0.667. The number of amides is 1. The quantitative estimate of drug-likeness (QED) is 0.929. The lowest BCUT2D eigenvalue weighted by Crippen LogP contribution is -2.45. The minimum atomic E-state index is -0.254. The van der Waals surface area contributed by atoms with Crippen LogP contribution in [0.2, 0.25) is 0 Å². The van der Waals surface area contributed by atoms with E-state index in [1.54, 1.807) is 18.4 Å². The molecule has 3 fully saturated rings. The third kappa shape index (κ3) is 1.76. The smallest absolute Gasteiger partial charge is 0.244 e. The SMILES string of the molecule is COC1CCCC1N1C(=O)C2(CC2)NC1c1cccs1. The van der Waals surface area contributed by atoms with Crippen LogP contribution >= 0.6 is 11.3 Å². The van der Waals surface area contributed by atoms with Gasteiger partial charge in [-0.05, 0) is 43.6 Å². The number of nitrogens with one attached hydrogen (secondary N) is 1. The lowest BCUT2D eigenvalue weighted by atomic mass is 10.1. The maximum absolute atomic E-state index is 12.9. The van der Waals surface area contributed by atoms with E-state index in [0.29, 0.717) is 5.91 Å². The zero-order valence-corrected chi connectivity index (χ0v) is 12.5. The van der Waals surface area contributed by atoms with Crippen molar-refractivity contribution in [2.24, 2.45) is 0 Å². The normalized spacial score (nSPS) is 35.1. The van der Waals surface area contributed by atoms with Crippen molar-refractivity contribution in [1.29, 1.82) is 0 Å². The van der Waals surface area contributed by atoms with E-state index in [9.17, 15) is 4.79 Å². The van der Waals surface area contributed by atoms with Gasteiger partial charge in [0.25, 0.3) is 0 Å². The highest BCUT2D eigenvalue weighted by molar-refractivity contribution is 7.10. The standard InChI is InChI=1S/C15H20N2O2S/c1-19-11-5-2-4-10(11)17-13(12-6-3-9-20-12)16-15(7-8-15)14(17)18/h3,6,9-11,13,16H,2,4-5,7-8H2,1H3. The van der Waals surface area contributed by atoms with E-state index >= 15 is 0 Å². The van der Waals surface area contributed by atoms with Gasteiger partial charge in [0.1, 0.15) is 11.7 Å². The molecule has 108 valence electrons. The Morgan fingerprint density at radius 2 is 2.30 bits per heavy atom. The molecular formula is C15H20N2O2S. The van der Waals surface area contributed by atoms with E-state index in [2.05, 4.69) is 27.7 Å². The van der Waals surface area contributed by atoms with Gasteiger partial charge in [-0.2, -0.15) is 0 Å². The molecule has 1 aromatic heterocycles. The Hall–Kier alpha value is -0.910. The summed E-state index contributed by atoms with van der Waals surface area (Å²) in [4.78, 5) is 16.2. The predicted octanol–water partition coefficient (Wildman–Crippen LogP) is 2.28.